The number of likely N-dealkylation sites (tertiary alicyclic amines) is 2. The molecule has 3 aromatic carbocycles. The predicted octanol–water partition coefficient (Wildman–Crippen LogP) is 8.70. The Labute approximate surface area is 284 Å². The van der Waals surface area contributed by atoms with Crippen LogP contribution in [0.3, 0.4) is 0 Å². The summed E-state index contributed by atoms with van der Waals surface area (Å²) in [6.07, 6.45) is 1.80. The molecule has 0 spiro atoms. The van der Waals surface area contributed by atoms with Crippen molar-refractivity contribution in [2.45, 2.75) is 43.9 Å². The molecule has 2 fully saturated rings. The minimum atomic E-state index is -4.46. The van der Waals surface area contributed by atoms with E-state index in [1.54, 1.807) is 12.4 Å². The van der Waals surface area contributed by atoms with Crippen molar-refractivity contribution < 1.29 is 33.0 Å². The molecule has 0 bridgehead atoms. The Bertz CT molecular complexity index is 2030. The normalized spacial score (nSPS) is 18.2. The highest BCUT2D eigenvalue weighted by molar-refractivity contribution is 5.92. The summed E-state index contributed by atoms with van der Waals surface area (Å²) in [6, 6.07) is 19.6. The Morgan fingerprint density at radius 3 is 1.58 bits per heavy atom. The number of aromatic nitrogens is 4. The second-order valence-electron chi connectivity index (χ2n) is 12.5. The molecule has 2 amide bonds. The molecule has 0 saturated carbocycles. The van der Waals surface area contributed by atoms with Crippen LogP contribution in [-0.2, 0) is 6.18 Å². The molecule has 4 heterocycles. The maximum atomic E-state index is 13.4. The lowest BCUT2D eigenvalue weighted by Crippen LogP contribution is -2.29. The van der Waals surface area contributed by atoms with Gasteiger partial charge in [0.25, 0.3) is 0 Å². The summed E-state index contributed by atoms with van der Waals surface area (Å²) in [5.41, 5.74) is 5.33. The van der Waals surface area contributed by atoms with E-state index in [2.05, 4.69) is 19.9 Å². The van der Waals surface area contributed by atoms with Crippen molar-refractivity contribution in [3.8, 4) is 22.5 Å². The number of nitrogens with one attached hydrogen (secondary N) is 2. The van der Waals surface area contributed by atoms with Crippen LogP contribution in [0.25, 0.3) is 34.2 Å². The smallest absolute Gasteiger partial charge is 0.416 e. The second kappa shape index (κ2) is 13.2. The molecule has 2 aliphatic heterocycles. The number of nitrogens with zero attached hydrogens (tertiary/aromatic N) is 4. The number of imidazole rings is 2. The van der Waals surface area contributed by atoms with Gasteiger partial charge in [-0.05, 0) is 77.3 Å². The molecule has 0 aliphatic carbocycles. The van der Waals surface area contributed by atoms with E-state index in [4.69, 9.17) is 0 Å². The standard InChI is InChI=1S/C37H33F3N6O4/c38-37(39,40)27-15-13-24(14-16-27)28(23-9-11-26(12-10-23)30-21-42-34(44-30)32-4-2-18-46(32)36(49)50)19-22-5-7-25(8-6-22)29-20-41-33(43-29)31-3-1-17-45(31)35(47)48/h5-16,19-21,31-32H,1-4,17-18H2,(H,41,43)(H,42,44)(H,47,48)(H,49,50)/t31-,32-/m0/s1. The number of amides is 2. The molecule has 2 aromatic heterocycles. The zero-order valence-corrected chi connectivity index (χ0v) is 26.7. The van der Waals surface area contributed by atoms with Gasteiger partial charge in [-0.2, -0.15) is 13.2 Å². The van der Waals surface area contributed by atoms with E-state index in [0.717, 1.165) is 58.6 Å². The average Bonchev–Trinajstić information content (AvgIpc) is 3.93. The van der Waals surface area contributed by atoms with Gasteiger partial charge >= 0.3 is 18.4 Å². The van der Waals surface area contributed by atoms with Gasteiger partial charge in [-0.3, -0.25) is 9.80 Å². The third-order valence-corrected chi connectivity index (χ3v) is 9.38. The van der Waals surface area contributed by atoms with Crippen LogP contribution in [0.15, 0.2) is 85.2 Å². The Hall–Kier alpha value is -5.85. The van der Waals surface area contributed by atoms with Gasteiger partial charge in [-0.1, -0.05) is 60.7 Å². The summed E-state index contributed by atoms with van der Waals surface area (Å²) in [6.45, 7) is 0.934. The molecule has 0 radical (unpaired) electrons. The Morgan fingerprint density at radius 2 is 1.14 bits per heavy atom. The van der Waals surface area contributed by atoms with Crippen molar-refractivity contribution in [2.75, 3.05) is 13.1 Å². The zero-order valence-electron chi connectivity index (χ0n) is 26.7. The van der Waals surface area contributed by atoms with Crippen LogP contribution in [-0.4, -0.2) is 65.2 Å². The summed E-state index contributed by atoms with van der Waals surface area (Å²) in [7, 11) is 0. The fourth-order valence-electron chi connectivity index (χ4n) is 6.79. The number of hydrogen-bond donors (Lipinski definition) is 4. The van der Waals surface area contributed by atoms with Gasteiger partial charge in [0, 0.05) is 13.1 Å². The first-order chi connectivity index (χ1) is 24.0. The molecule has 4 N–H and O–H groups in total. The van der Waals surface area contributed by atoms with Crippen LogP contribution in [0.4, 0.5) is 22.8 Å². The van der Waals surface area contributed by atoms with Gasteiger partial charge in [-0.15, -0.1) is 0 Å². The predicted molar refractivity (Wildman–Crippen MR) is 180 cm³/mol. The number of aromatic amines is 2. The second-order valence-corrected chi connectivity index (χ2v) is 12.5. The van der Waals surface area contributed by atoms with E-state index >= 15 is 0 Å². The Balaban J connectivity index is 1.17. The van der Waals surface area contributed by atoms with Crippen molar-refractivity contribution in [3.05, 3.63) is 119 Å². The topological polar surface area (TPSA) is 138 Å². The van der Waals surface area contributed by atoms with Gasteiger partial charge in [0.2, 0.25) is 0 Å². The molecule has 256 valence electrons. The first-order valence-electron chi connectivity index (χ1n) is 16.2. The fourth-order valence-corrected chi connectivity index (χ4v) is 6.79. The van der Waals surface area contributed by atoms with Crippen molar-refractivity contribution in [3.63, 3.8) is 0 Å². The molecule has 2 atom stereocenters. The summed E-state index contributed by atoms with van der Waals surface area (Å²) in [5, 5.41) is 19.1. The molecule has 2 aliphatic rings. The van der Waals surface area contributed by atoms with Crippen LogP contribution in [0.1, 0.15) is 71.7 Å². The first-order valence-corrected chi connectivity index (χ1v) is 16.2. The van der Waals surface area contributed by atoms with Crippen LogP contribution < -0.4 is 0 Å². The highest BCUT2D eigenvalue weighted by atomic mass is 19.4. The van der Waals surface area contributed by atoms with E-state index in [1.807, 2.05) is 54.6 Å². The molecule has 13 heteroatoms. The molecular weight excluding hydrogens is 649 g/mol. The van der Waals surface area contributed by atoms with Crippen molar-refractivity contribution in [1.29, 1.82) is 0 Å². The minimum absolute atomic E-state index is 0.314. The quantitative estimate of drug-likeness (QED) is 0.127. The zero-order chi connectivity index (χ0) is 35.0. The third-order valence-electron chi connectivity index (χ3n) is 9.38. The van der Waals surface area contributed by atoms with Crippen LogP contribution in [0.2, 0.25) is 0 Å². The van der Waals surface area contributed by atoms with E-state index in [0.29, 0.717) is 48.7 Å². The summed E-state index contributed by atoms with van der Waals surface area (Å²) in [4.78, 5) is 41.5. The van der Waals surface area contributed by atoms with Crippen LogP contribution in [0.5, 0.6) is 0 Å². The number of benzene rings is 3. The number of alkyl halides is 3. The minimum Gasteiger partial charge on any atom is -0.465 e. The first kappa shape index (κ1) is 32.7. The number of halogens is 3. The number of carbonyl (C=O) groups is 2. The lowest BCUT2D eigenvalue weighted by Gasteiger charge is -2.19. The Kier molecular flexibility index (Phi) is 8.64. The SMILES string of the molecule is O=C(O)N1CCC[C@H]1c1ncc(-c2ccc(C=C(c3ccc(-c4cnc([C@@H]5CCCN5C(=O)O)[nH]4)cc3)c3ccc(C(F)(F)F)cc3)cc2)[nH]1. The highest BCUT2D eigenvalue weighted by Crippen LogP contribution is 2.35. The van der Waals surface area contributed by atoms with Gasteiger partial charge in [0.15, 0.2) is 0 Å². The molecule has 2 saturated heterocycles. The largest absolute Gasteiger partial charge is 0.465 e. The number of hydrogen-bond acceptors (Lipinski definition) is 4. The summed E-state index contributed by atoms with van der Waals surface area (Å²) in [5.74, 6) is 1.19. The van der Waals surface area contributed by atoms with E-state index < -0.39 is 23.9 Å². The molecule has 10 nitrogen and oxygen atoms in total. The van der Waals surface area contributed by atoms with E-state index in [-0.39, 0.29) is 12.1 Å². The summed E-state index contributed by atoms with van der Waals surface area (Å²) < 4.78 is 40.2. The third kappa shape index (κ3) is 6.58. The van der Waals surface area contributed by atoms with Gasteiger partial charge in [-0.25, -0.2) is 19.6 Å². The number of H-pyrrole nitrogens is 2. The van der Waals surface area contributed by atoms with Crippen molar-refractivity contribution >= 4 is 23.8 Å². The lowest BCUT2D eigenvalue weighted by molar-refractivity contribution is -0.137. The lowest BCUT2D eigenvalue weighted by atomic mass is 9.93. The van der Waals surface area contributed by atoms with Crippen LogP contribution >= 0.6 is 0 Å². The monoisotopic (exact) mass is 682 g/mol. The van der Waals surface area contributed by atoms with E-state index in [1.165, 1.54) is 21.9 Å². The average molecular weight is 683 g/mol. The van der Waals surface area contributed by atoms with Gasteiger partial charge in [0.05, 0.1) is 41.4 Å². The van der Waals surface area contributed by atoms with Gasteiger partial charge in [0.1, 0.15) is 11.6 Å². The maximum absolute atomic E-state index is 13.4. The van der Waals surface area contributed by atoms with Crippen molar-refractivity contribution in [1.82, 2.24) is 29.7 Å². The fraction of sp³-hybridized carbons (Fsp3) is 0.243. The molecule has 0 unspecified atom stereocenters. The van der Waals surface area contributed by atoms with Crippen LogP contribution in [0, 0.1) is 0 Å². The highest BCUT2D eigenvalue weighted by Gasteiger charge is 2.33. The Morgan fingerprint density at radius 1 is 0.700 bits per heavy atom. The molecular formula is C37H33F3N6O4. The number of carboxylic acid groups (broad SMARTS) is 2. The molecule has 50 heavy (non-hydrogen) atoms. The van der Waals surface area contributed by atoms with Gasteiger partial charge < -0.3 is 20.2 Å². The number of rotatable bonds is 7. The van der Waals surface area contributed by atoms with E-state index in [9.17, 15) is 33.0 Å². The van der Waals surface area contributed by atoms with Crippen molar-refractivity contribution in [2.24, 2.45) is 0 Å². The molecule has 5 aromatic rings. The summed E-state index contributed by atoms with van der Waals surface area (Å²) >= 11 is 0. The molecule has 7 rings (SSSR count). The maximum Gasteiger partial charge on any atom is 0.416 e.